The Morgan fingerprint density at radius 3 is 2.28 bits per heavy atom. The van der Waals surface area contributed by atoms with Crippen molar-refractivity contribution in [1.82, 2.24) is 14.6 Å². The maximum atomic E-state index is 12.9. The third-order valence-electron chi connectivity index (χ3n) is 6.16. The molecule has 0 aromatic heterocycles. The summed E-state index contributed by atoms with van der Waals surface area (Å²) in [4.78, 5) is 14.8. The van der Waals surface area contributed by atoms with Crippen LogP contribution in [0.25, 0.3) is 0 Å². The highest BCUT2D eigenvalue weighted by Gasteiger charge is 2.30. The number of carbonyl (C=O) groups is 1. The summed E-state index contributed by atoms with van der Waals surface area (Å²) >= 11 is 0. The van der Waals surface area contributed by atoms with Crippen LogP contribution in [-0.4, -0.2) is 62.5 Å². The van der Waals surface area contributed by atoms with Crippen molar-refractivity contribution in [1.29, 1.82) is 0 Å². The molecule has 0 radical (unpaired) electrons. The maximum absolute atomic E-state index is 12.9. The summed E-state index contributed by atoms with van der Waals surface area (Å²) in [5.41, 5.74) is 4.03. The maximum Gasteiger partial charge on any atom is 0.271 e. The number of amides is 1. The Bertz CT molecular complexity index is 833. The van der Waals surface area contributed by atoms with Gasteiger partial charge in [-0.15, -0.1) is 0 Å². The number of nitrogens with one attached hydrogen (secondary N) is 1. The lowest BCUT2D eigenvalue weighted by molar-refractivity contribution is 0.0954. The summed E-state index contributed by atoms with van der Waals surface area (Å²) in [6.45, 7) is 4.02. The summed E-state index contributed by atoms with van der Waals surface area (Å²) in [6, 6.07) is 6.12. The second-order valence-corrected chi connectivity index (χ2v) is 10.4. The number of hydrogen-bond acceptors (Lipinski definition) is 5. The van der Waals surface area contributed by atoms with Crippen LogP contribution in [0.3, 0.4) is 0 Å². The zero-order valence-corrected chi connectivity index (χ0v) is 18.4. The molecule has 1 aliphatic heterocycles. The third-order valence-corrected chi connectivity index (χ3v) is 8.09. The summed E-state index contributed by atoms with van der Waals surface area (Å²) in [5, 5.41) is 4.25. The fraction of sp³-hybridized carbons (Fsp3) is 0.619. The first kappa shape index (κ1) is 21.9. The Kier molecular flexibility index (Phi) is 7.08. The van der Waals surface area contributed by atoms with Gasteiger partial charge in [0.25, 0.3) is 5.91 Å². The van der Waals surface area contributed by atoms with E-state index in [1.165, 1.54) is 16.4 Å². The molecule has 1 saturated heterocycles. The third kappa shape index (κ3) is 5.43. The highest BCUT2D eigenvalue weighted by atomic mass is 32.2. The number of nitrogens with zero attached hydrogens (tertiary/aromatic N) is 3. The van der Waals surface area contributed by atoms with Gasteiger partial charge in [-0.25, -0.2) is 13.8 Å². The van der Waals surface area contributed by atoms with Crippen molar-refractivity contribution in [3.05, 3.63) is 29.8 Å². The molecule has 3 rings (SSSR count). The van der Waals surface area contributed by atoms with E-state index in [1.807, 2.05) is 7.05 Å². The molecule has 2 aliphatic rings. The molecule has 0 spiro atoms. The first-order valence-corrected chi connectivity index (χ1v) is 11.8. The SMILES string of the molecule is CC1CCC(=NNC(=O)c2ccc(S(=O)(=O)N(C)C3CCN(C)CC3)cc2)CC1. The molecule has 1 heterocycles. The van der Waals surface area contributed by atoms with Crippen molar-refractivity contribution < 1.29 is 13.2 Å². The van der Waals surface area contributed by atoms with Crippen LogP contribution in [0.1, 0.15) is 55.8 Å². The Labute approximate surface area is 174 Å². The second-order valence-electron chi connectivity index (χ2n) is 8.38. The van der Waals surface area contributed by atoms with Crippen LogP contribution in [0.5, 0.6) is 0 Å². The molecular formula is C21H32N4O3S. The summed E-state index contributed by atoms with van der Waals surface area (Å²) in [5.74, 6) is 0.399. The molecule has 1 aliphatic carbocycles. The van der Waals surface area contributed by atoms with Gasteiger partial charge in [0.2, 0.25) is 10.0 Å². The molecule has 29 heavy (non-hydrogen) atoms. The number of likely N-dealkylation sites (tertiary alicyclic amines) is 1. The van der Waals surface area contributed by atoms with E-state index < -0.39 is 10.0 Å². The van der Waals surface area contributed by atoms with Gasteiger partial charge >= 0.3 is 0 Å². The van der Waals surface area contributed by atoms with E-state index in [1.54, 1.807) is 19.2 Å². The number of carbonyl (C=O) groups excluding carboxylic acids is 1. The molecular weight excluding hydrogens is 388 g/mol. The van der Waals surface area contributed by atoms with Crippen molar-refractivity contribution in [2.45, 2.75) is 56.4 Å². The van der Waals surface area contributed by atoms with Gasteiger partial charge in [0, 0.05) is 24.4 Å². The highest BCUT2D eigenvalue weighted by molar-refractivity contribution is 7.89. The molecule has 1 aromatic rings. The van der Waals surface area contributed by atoms with E-state index in [4.69, 9.17) is 0 Å². The molecule has 0 bridgehead atoms. The predicted molar refractivity (Wildman–Crippen MR) is 114 cm³/mol. The van der Waals surface area contributed by atoms with Gasteiger partial charge < -0.3 is 4.90 Å². The van der Waals surface area contributed by atoms with Gasteiger partial charge in [-0.3, -0.25) is 4.79 Å². The molecule has 160 valence electrons. The quantitative estimate of drug-likeness (QED) is 0.743. The van der Waals surface area contributed by atoms with E-state index in [0.717, 1.165) is 57.3 Å². The molecule has 1 N–H and O–H groups in total. The van der Waals surface area contributed by atoms with Crippen molar-refractivity contribution in [2.75, 3.05) is 27.2 Å². The average Bonchev–Trinajstić information content (AvgIpc) is 2.73. The molecule has 1 amide bonds. The van der Waals surface area contributed by atoms with Crippen molar-refractivity contribution in [3.8, 4) is 0 Å². The topological polar surface area (TPSA) is 82.1 Å². The first-order chi connectivity index (χ1) is 13.8. The first-order valence-electron chi connectivity index (χ1n) is 10.4. The van der Waals surface area contributed by atoms with Crippen LogP contribution < -0.4 is 5.43 Å². The van der Waals surface area contributed by atoms with Crippen molar-refractivity contribution in [2.24, 2.45) is 11.0 Å². The zero-order valence-electron chi connectivity index (χ0n) is 17.6. The number of hydrogen-bond donors (Lipinski definition) is 1. The van der Waals surface area contributed by atoms with Crippen LogP contribution >= 0.6 is 0 Å². The largest absolute Gasteiger partial charge is 0.306 e. The van der Waals surface area contributed by atoms with Crippen LogP contribution in [0.2, 0.25) is 0 Å². The number of benzene rings is 1. The monoisotopic (exact) mass is 420 g/mol. The number of hydrazone groups is 1. The van der Waals surface area contributed by atoms with E-state index in [9.17, 15) is 13.2 Å². The molecule has 1 saturated carbocycles. The standard InChI is InChI=1S/C21H32N4O3S/c1-16-4-8-18(9-5-16)22-23-21(26)17-6-10-20(11-7-17)29(27,28)25(3)19-12-14-24(2)15-13-19/h6-7,10-11,16,19H,4-5,8-9,12-15H2,1-3H3,(H,23,26). The van der Waals surface area contributed by atoms with E-state index in [0.29, 0.717) is 11.5 Å². The van der Waals surface area contributed by atoms with Gasteiger partial charge in [-0.05, 0) is 88.8 Å². The van der Waals surface area contributed by atoms with E-state index >= 15 is 0 Å². The normalized spacial score (nSPS) is 21.9. The Balaban J connectivity index is 1.62. The Morgan fingerprint density at radius 1 is 1.10 bits per heavy atom. The molecule has 8 heteroatoms. The van der Waals surface area contributed by atoms with Crippen LogP contribution in [0.15, 0.2) is 34.3 Å². The van der Waals surface area contributed by atoms with Crippen molar-refractivity contribution >= 4 is 21.6 Å². The summed E-state index contributed by atoms with van der Waals surface area (Å²) in [7, 11) is 0.118. The molecule has 1 aromatic carbocycles. The number of piperidine rings is 1. The van der Waals surface area contributed by atoms with Gasteiger partial charge in [-0.1, -0.05) is 6.92 Å². The Hall–Kier alpha value is -1.77. The Morgan fingerprint density at radius 2 is 1.69 bits per heavy atom. The molecule has 0 atom stereocenters. The van der Waals surface area contributed by atoms with E-state index in [-0.39, 0.29) is 16.8 Å². The highest BCUT2D eigenvalue weighted by Crippen LogP contribution is 2.23. The second kappa shape index (κ2) is 9.36. The molecule has 0 unspecified atom stereocenters. The van der Waals surface area contributed by atoms with Crippen molar-refractivity contribution in [3.63, 3.8) is 0 Å². The summed E-state index contributed by atoms with van der Waals surface area (Å²) < 4.78 is 27.4. The molecule has 2 fully saturated rings. The van der Waals surface area contributed by atoms with Gasteiger partial charge in [-0.2, -0.15) is 9.41 Å². The summed E-state index contributed by atoms with van der Waals surface area (Å²) in [6.07, 6.45) is 5.69. The molecule has 7 nitrogen and oxygen atoms in total. The van der Waals surface area contributed by atoms with Crippen LogP contribution in [-0.2, 0) is 10.0 Å². The van der Waals surface area contributed by atoms with E-state index in [2.05, 4.69) is 22.4 Å². The minimum Gasteiger partial charge on any atom is -0.306 e. The number of sulfonamides is 1. The lowest BCUT2D eigenvalue weighted by Crippen LogP contribution is -2.44. The number of rotatable bonds is 5. The fourth-order valence-electron chi connectivity index (χ4n) is 3.90. The zero-order chi connectivity index (χ0) is 21.0. The van der Waals surface area contributed by atoms with Crippen LogP contribution in [0, 0.1) is 5.92 Å². The average molecular weight is 421 g/mol. The van der Waals surface area contributed by atoms with Gasteiger partial charge in [0.15, 0.2) is 0 Å². The fourth-order valence-corrected chi connectivity index (χ4v) is 5.32. The smallest absolute Gasteiger partial charge is 0.271 e. The minimum atomic E-state index is -3.58. The minimum absolute atomic E-state index is 0.00760. The van der Waals surface area contributed by atoms with Crippen LogP contribution in [0.4, 0.5) is 0 Å². The van der Waals surface area contributed by atoms with Gasteiger partial charge in [0.1, 0.15) is 0 Å². The lowest BCUT2D eigenvalue weighted by atomic mass is 9.90. The lowest BCUT2D eigenvalue weighted by Gasteiger charge is -2.34. The predicted octanol–water partition coefficient (Wildman–Crippen LogP) is 2.70. The van der Waals surface area contributed by atoms with Gasteiger partial charge in [0.05, 0.1) is 4.90 Å².